The van der Waals surface area contributed by atoms with Crippen LogP contribution in [0.5, 0.6) is 5.75 Å². The number of fused-ring (bicyclic) bond motifs is 3. The summed E-state index contributed by atoms with van der Waals surface area (Å²) in [6.07, 6.45) is -3.14. The number of rotatable bonds is 2. The van der Waals surface area contributed by atoms with E-state index in [1.807, 2.05) is 48.5 Å². The second-order valence-electron chi connectivity index (χ2n) is 8.13. The molecule has 33 heavy (non-hydrogen) atoms. The van der Waals surface area contributed by atoms with Gasteiger partial charge in [0.2, 0.25) is 0 Å². The van der Waals surface area contributed by atoms with Crippen LogP contribution in [0.3, 0.4) is 0 Å². The summed E-state index contributed by atoms with van der Waals surface area (Å²) in [6.45, 7) is 0.0244. The first kappa shape index (κ1) is 21.1. The average molecular weight is 455 g/mol. The van der Waals surface area contributed by atoms with E-state index in [0.29, 0.717) is 12.4 Å². The van der Waals surface area contributed by atoms with E-state index in [0.717, 1.165) is 21.6 Å². The number of para-hydroxylation sites is 1. The fourth-order valence-electron chi connectivity index (χ4n) is 4.51. The van der Waals surface area contributed by atoms with Crippen molar-refractivity contribution in [2.75, 3.05) is 18.2 Å². The maximum atomic E-state index is 13.4. The standard InChI is InChI=1S/C24H20F3N3O3/c1-15-19(31)10-11-29-21(15)23(32)28(13-24(25,26)27)14-30(29)22-17-7-3-2-6-16(17)12-33-20-9-5-4-8-18(20)22/h2-11,22H,12-14H2,1H3. The van der Waals surface area contributed by atoms with Gasteiger partial charge in [0.1, 0.15) is 37.3 Å². The van der Waals surface area contributed by atoms with Crippen LogP contribution >= 0.6 is 0 Å². The molecule has 0 aliphatic carbocycles. The Kier molecular flexibility index (Phi) is 4.92. The minimum Gasteiger partial charge on any atom is -0.489 e. The van der Waals surface area contributed by atoms with Crippen LogP contribution < -0.4 is 15.2 Å². The van der Waals surface area contributed by atoms with Crippen LogP contribution in [0.1, 0.15) is 38.8 Å². The Morgan fingerprint density at radius 2 is 1.70 bits per heavy atom. The molecular weight excluding hydrogens is 435 g/mol. The Hall–Kier alpha value is -3.75. The van der Waals surface area contributed by atoms with Crippen molar-refractivity contribution in [1.29, 1.82) is 0 Å². The lowest BCUT2D eigenvalue weighted by Crippen LogP contribution is -2.57. The van der Waals surface area contributed by atoms with Gasteiger partial charge < -0.3 is 9.64 Å². The summed E-state index contributed by atoms with van der Waals surface area (Å²) in [6, 6.07) is 15.7. The lowest BCUT2D eigenvalue weighted by atomic mass is 9.94. The number of pyridine rings is 1. The highest BCUT2D eigenvalue weighted by atomic mass is 19.4. The highest BCUT2D eigenvalue weighted by Gasteiger charge is 2.42. The molecule has 0 N–H and O–H groups in total. The van der Waals surface area contributed by atoms with Gasteiger partial charge in [-0.25, -0.2) is 0 Å². The van der Waals surface area contributed by atoms with E-state index >= 15 is 0 Å². The van der Waals surface area contributed by atoms with Gasteiger partial charge in [-0.15, -0.1) is 0 Å². The number of nitrogens with zero attached hydrogens (tertiary/aromatic N) is 3. The maximum Gasteiger partial charge on any atom is 0.406 e. The van der Waals surface area contributed by atoms with Crippen molar-refractivity contribution in [2.45, 2.75) is 25.7 Å². The second-order valence-corrected chi connectivity index (χ2v) is 8.13. The predicted molar refractivity (Wildman–Crippen MR) is 115 cm³/mol. The van der Waals surface area contributed by atoms with Crippen LogP contribution in [0, 0.1) is 6.92 Å². The van der Waals surface area contributed by atoms with Gasteiger partial charge in [-0.3, -0.25) is 19.3 Å². The molecule has 2 aromatic carbocycles. The summed E-state index contributed by atoms with van der Waals surface area (Å²) >= 11 is 0. The Bertz CT molecular complexity index is 1250. The molecule has 3 heterocycles. The van der Waals surface area contributed by atoms with E-state index in [2.05, 4.69) is 0 Å². The maximum absolute atomic E-state index is 13.4. The molecule has 5 rings (SSSR count). The molecule has 2 aliphatic heterocycles. The van der Waals surface area contributed by atoms with Gasteiger partial charge in [-0.2, -0.15) is 13.2 Å². The van der Waals surface area contributed by atoms with Crippen LogP contribution in [-0.2, 0) is 6.61 Å². The van der Waals surface area contributed by atoms with Gasteiger partial charge in [0, 0.05) is 23.4 Å². The number of aromatic nitrogens is 1. The highest BCUT2D eigenvalue weighted by molar-refractivity contribution is 5.95. The molecule has 1 amide bonds. The van der Waals surface area contributed by atoms with Crippen molar-refractivity contribution in [3.05, 3.63) is 99.0 Å². The van der Waals surface area contributed by atoms with Crippen molar-refractivity contribution in [3.63, 3.8) is 0 Å². The smallest absolute Gasteiger partial charge is 0.406 e. The van der Waals surface area contributed by atoms with E-state index in [4.69, 9.17) is 4.74 Å². The fraction of sp³-hybridized carbons (Fsp3) is 0.250. The first-order valence-corrected chi connectivity index (χ1v) is 10.4. The van der Waals surface area contributed by atoms with Gasteiger partial charge in [-0.1, -0.05) is 42.5 Å². The second kappa shape index (κ2) is 7.68. The summed E-state index contributed by atoms with van der Waals surface area (Å²) in [5, 5.41) is 1.68. The van der Waals surface area contributed by atoms with Gasteiger partial charge in [-0.05, 0) is 24.1 Å². The summed E-state index contributed by atoms with van der Waals surface area (Å²) in [4.78, 5) is 26.1. The SMILES string of the molecule is Cc1c2n(ccc1=O)N(C1c3ccccc3COc3ccccc31)CN(CC(F)(F)F)C2=O. The molecule has 2 aliphatic rings. The topological polar surface area (TPSA) is 54.8 Å². The molecule has 6 nitrogen and oxygen atoms in total. The van der Waals surface area contributed by atoms with Crippen LogP contribution in [0.25, 0.3) is 0 Å². The van der Waals surface area contributed by atoms with Crippen LogP contribution in [0.15, 0.2) is 65.6 Å². The summed E-state index contributed by atoms with van der Waals surface area (Å²) < 4.78 is 47.7. The molecule has 1 unspecified atom stereocenters. The largest absolute Gasteiger partial charge is 0.489 e. The van der Waals surface area contributed by atoms with Crippen molar-refractivity contribution < 1.29 is 22.7 Å². The first-order valence-electron chi connectivity index (χ1n) is 10.4. The molecule has 0 saturated heterocycles. The molecule has 1 atom stereocenters. The third kappa shape index (κ3) is 3.63. The molecule has 0 saturated carbocycles. The number of hydrogen-bond donors (Lipinski definition) is 0. The summed E-state index contributed by atoms with van der Waals surface area (Å²) in [5.74, 6) is -0.220. The summed E-state index contributed by atoms with van der Waals surface area (Å²) in [7, 11) is 0. The van der Waals surface area contributed by atoms with E-state index in [1.54, 1.807) is 5.01 Å². The Balaban J connectivity index is 1.75. The van der Waals surface area contributed by atoms with Gasteiger partial charge in [0.05, 0.1) is 0 Å². The number of benzene rings is 2. The zero-order valence-corrected chi connectivity index (χ0v) is 17.7. The first-order chi connectivity index (χ1) is 15.7. The number of alkyl halides is 3. The van der Waals surface area contributed by atoms with Crippen LogP contribution in [-0.4, -0.2) is 34.9 Å². The third-order valence-electron chi connectivity index (χ3n) is 6.02. The van der Waals surface area contributed by atoms with Crippen LogP contribution in [0.2, 0.25) is 0 Å². The quantitative estimate of drug-likeness (QED) is 0.591. The molecule has 0 bridgehead atoms. The van der Waals surface area contributed by atoms with E-state index < -0.39 is 30.1 Å². The van der Waals surface area contributed by atoms with E-state index in [9.17, 15) is 22.8 Å². The predicted octanol–water partition coefficient (Wildman–Crippen LogP) is 3.75. The average Bonchev–Trinajstić information content (AvgIpc) is 2.94. The molecule has 1 aromatic heterocycles. The van der Waals surface area contributed by atoms with Gasteiger partial charge in [0.15, 0.2) is 5.43 Å². The zero-order chi connectivity index (χ0) is 23.3. The van der Waals surface area contributed by atoms with Crippen molar-refractivity contribution in [2.24, 2.45) is 0 Å². The van der Waals surface area contributed by atoms with E-state index in [-0.39, 0.29) is 17.9 Å². The summed E-state index contributed by atoms with van der Waals surface area (Å²) in [5.41, 5.74) is 2.12. The number of carbonyl (C=O) groups excluding carboxylic acids is 1. The molecule has 0 fully saturated rings. The molecule has 170 valence electrons. The Labute approximate surface area is 187 Å². The van der Waals surface area contributed by atoms with Gasteiger partial charge in [0.25, 0.3) is 5.91 Å². The number of ether oxygens (including phenoxy) is 1. The fourth-order valence-corrected chi connectivity index (χ4v) is 4.51. The number of hydrogen-bond acceptors (Lipinski definition) is 4. The Morgan fingerprint density at radius 1 is 1.00 bits per heavy atom. The zero-order valence-electron chi connectivity index (χ0n) is 17.7. The highest BCUT2D eigenvalue weighted by Crippen LogP contribution is 2.40. The lowest BCUT2D eigenvalue weighted by molar-refractivity contribution is -0.141. The molecule has 3 aromatic rings. The normalized spacial score (nSPS) is 17.6. The molecular formula is C24H20F3N3O3. The number of carbonyl (C=O) groups is 1. The van der Waals surface area contributed by atoms with Gasteiger partial charge >= 0.3 is 6.18 Å². The number of amides is 1. The number of halogens is 3. The Morgan fingerprint density at radius 3 is 2.45 bits per heavy atom. The third-order valence-corrected chi connectivity index (χ3v) is 6.02. The molecule has 0 spiro atoms. The van der Waals surface area contributed by atoms with Crippen molar-refractivity contribution >= 4 is 5.91 Å². The van der Waals surface area contributed by atoms with Crippen molar-refractivity contribution in [1.82, 2.24) is 9.58 Å². The minimum absolute atomic E-state index is 0.0712. The van der Waals surface area contributed by atoms with Crippen molar-refractivity contribution in [3.8, 4) is 5.75 Å². The van der Waals surface area contributed by atoms with E-state index in [1.165, 1.54) is 23.9 Å². The van der Waals surface area contributed by atoms with Crippen LogP contribution in [0.4, 0.5) is 13.2 Å². The minimum atomic E-state index is -4.59. The molecule has 0 radical (unpaired) electrons. The lowest BCUT2D eigenvalue weighted by Gasteiger charge is -2.44. The molecule has 9 heteroatoms. The monoisotopic (exact) mass is 455 g/mol.